The molecule has 0 radical (unpaired) electrons. The van der Waals surface area contributed by atoms with Gasteiger partial charge in [0.05, 0.1) is 0 Å². The zero-order valence-corrected chi connectivity index (χ0v) is 10.4. The summed E-state index contributed by atoms with van der Waals surface area (Å²) in [5, 5.41) is 0.372. The molecule has 2 N–H and O–H groups in total. The van der Waals surface area contributed by atoms with E-state index in [0.717, 1.165) is 5.69 Å². The van der Waals surface area contributed by atoms with Crippen molar-refractivity contribution in [1.29, 1.82) is 0 Å². The summed E-state index contributed by atoms with van der Waals surface area (Å²) < 4.78 is 0. The standard InChI is InChI=1S/C12H13ClN4/c1-8-4-3-5-9(6-8)17(2)12-10(13)11(14)15-7-16-12/h3-7H,1-2H3,(H2,14,15,16). The molecular formula is C12H13ClN4. The summed E-state index contributed by atoms with van der Waals surface area (Å²) >= 11 is 6.09. The molecule has 0 fully saturated rings. The minimum atomic E-state index is 0.288. The Kier molecular flexibility index (Phi) is 3.15. The van der Waals surface area contributed by atoms with Gasteiger partial charge in [-0.1, -0.05) is 23.7 Å². The zero-order valence-electron chi connectivity index (χ0n) is 9.68. The molecule has 0 aliphatic heterocycles. The lowest BCUT2D eigenvalue weighted by molar-refractivity contribution is 1.08. The van der Waals surface area contributed by atoms with E-state index in [9.17, 15) is 0 Å². The number of nitrogens with zero attached hydrogens (tertiary/aromatic N) is 3. The van der Waals surface area contributed by atoms with Crippen LogP contribution in [0.2, 0.25) is 5.02 Å². The van der Waals surface area contributed by atoms with Gasteiger partial charge in [-0.15, -0.1) is 0 Å². The second-order valence-electron chi connectivity index (χ2n) is 3.79. The summed E-state index contributed by atoms with van der Waals surface area (Å²) in [5.41, 5.74) is 7.83. The summed E-state index contributed by atoms with van der Waals surface area (Å²) in [6.07, 6.45) is 1.41. The third-order valence-corrected chi connectivity index (χ3v) is 2.87. The van der Waals surface area contributed by atoms with Crippen LogP contribution in [-0.4, -0.2) is 17.0 Å². The number of benzene rings is 1. The summed E-state index contributed by atoms with van der Waals surface area (Å²) in [7, 11) is 1.89. The summed E-state index contributed by atoms with van der Waals surface area (Å²) in [6.45, 7) is 2.04. The summed E-state index contributed by atoms with van der Waals surface area (Å²) in [6, 6.07) is 8.06. The van der Waals surface area contributed by atoms with Crippen LogP contribution >= 0.6 is 11.6 Å². The Morgan fingerprint density at radius 1 is 1.29 bits per heavy atom. The zero-order chi connectivity index (χ0) is 12.4. The Morgan fingerprint density at radius 2 is 2.06 bits per heavy atom. The van der Waals surface area contributed by atoms with Crippen molar-refractivity contribution < 1.29 is 0 Å². The average Bonchev–Trinajstić information content (AvgIpc) is 2.32. The van der Waals surface area contributed by atoms with Crippen molar-refractivity contribution in [1.82, 2.24) is 9.97 Å². The van der Waals surface area contributed by atoms with Crippen molar-refractivity contribution >= 4 is 28.9 Å². The Balaban J connectivity index is 2.44. The summed E-state index contributed by atoms with van der Waals surface area (Å²) in [4.78, 5) is 9.87. The summed E-state index contributed by atoms with van der Waals surface area (Å²) in [5.74, 6) is 0.890. The molecule has 2 aromatic rings. The van der Waals surface area contributed by atoms with Crippen LogP contribution in [0, 0.1) is 6.92 Å². The molecule has 88 valence electrons. The molecule has 0 bridgehead atoms. The Hall–Kier alpha value is -1.81. The van der Waals surface area contributed by atoms with Gasteiger partial charge in [0, 0.05) is 12.7 Å². The Morgan fingerprint density at radius 3 is 2.76 bits per heavy atom. The fraction of sp³-hybridized carbons (Fsp3) is 0.167. The fourth-order valence-corrected chi connectivity index (χ4v) is 1.79. The van der Waals surface area contributed by atoms with Crippen molar-refractivity contribution in [2.24, 2.45) is 0 Å². The molecule has 1 heterocycles. The van der Waals surface area contributed by atoms with Gasteiger partial charge in [0.25, 0.3) is 0 Å². The first-order chi connectivity index (χ1) is 8.09. The van der Waals surface area contributed by atoms with Crippen molar-refractivity contribution in [3.05, 3.63) is 41.2 Å². The molecule has 0 atom stereocenters. The van der Waals surface area contributed by atoms with E-state index in [2.05, 4.69) is 16.0 Å². The van der Waals surface area contributed by atoms with E-state index < -0.39 is 0 Å². The minimum absolute atomic E-state index is 0.288. The Bertz CT molecular complexity index is 542. The van der Waals surface area contributed by atoms with E-state index >= 15 is 0 Å². The predicted molar refractivity (Wildman–Crippen MR) is 70.7 cm³/mol. The van der Waals surface area contributed by atoms with E-state index in [1.54, 1.807) is 0 Å². The molecule has 0 spiro atoms. The highest BCUT2D eigenvalue weighted by atomic mass is 35.5. The monoisotopic (exact) mass is 248 g/mol. The number of nitrogen functional groups attached to an aromatic ring is 1. The Labute approximate surface area is 105 Å². The molecule has 2 rings (SSSR count). The molecule has 0 unspecified atom stereocenters. The highest BCUT2D eigenvalue weighted by Crippen LogP contribution is 2.31. The second-order valence-corrected chi connectivity index (χ2v) is 4.17. The molecule has 0 aliphatic carbocycles. The fourth-order valence-electron chi connectivity index (χ4n) is 1.57. The second kappa shape index (κ2) is 4.59. The van der Waals surface area contributed by atoms with E-state index in [1.807, 2.05) is 37.1 Å². The van der Waals surface area contributed by atoms with E-state index in [0.29, 0.717) is 10.8 Å². The van der Waals surface area contributed by atoms with Gasteiger partial charge in [0.15, 0.2) is 5.82 Å². The van der Waals surface area contributed by atoms with Crippen LogP contribution in [0.3, 0.4) is 0 Å². The molecule has 0 amide bonds. The largest absolute Gasteiger partial charge is 0.382 e. The smallest absolute Gasteiger partial charge is 0.157 e. The molecule has 0 aliphatic rings. The highest BCUT2D eigenvalue weighted by molar-refractivity contribution is 6.35. The SMILES string of the molecule is Cc1cccc(N(C)c2ncnc(N)c2Cl)c1. The number of nitrogens with two attached hydrogens (primary N) is 1. The number of halogens is 1. The molecule has 0 saturated carbocycles. The van der Waals surface area contributed by atoms with Crippen LogP contribution in [-0.2, 0) is 0 Å². The van der Waals surface area contributed by atoms with Gasteiger partial charge in [0.2, 0.25) is 0 Å². The number of hydrogen-bond acceptors (Lipinski definition) is 4. The quantitative estimate of drug-likeness (QED) is 0.888. The molecular weight excluding hydrogens is 236 g/mol. The van der Waals surface area contributed by atoms with E-state index in [1.165, 1.54) is 11.9 Å². The topological polar surface area (TPSA) is 55.0 Å². The maximum absolute atomic E-state index is 6.09. The van der Waals surface area contributed by atoms with Crippen molar-refractivity contribution in [2.45, 2.75) is 6.92 Å². The lowest BCUT2D eigenvalue weighted by Gasteiger charge is -2.19. The van der Waals surface area contributed by atoms with Crippen LogP contribution in [0.1, 0.15) is 5.56 Å². The van der Waals surface area contributed by atoms with Crippen molar-refractivity contribution in [3.8, 4) is 0 Å². The van der Waals surface area contributed by atoms with Gasteiger partial charge in [-0.25, -0.2) is 9.97 Å². The third-order valence-electron chi connectivity index (χ3n) is 2.50. The number of aryl methyl sites for hydroxylation is 1. The van der Waals surface area contributed by atoms with Gasteiger partial charge in [-0.3, -0.25) is 0 Å². The van der Waals surface area contributed by atoms with Crippen LogP contribution in [0.5, 0.6) is 0 Å². The lowest BCUT2D eigenvalue weighted by atomic mass is 10.2. The molecule has 1 aromatic carbocycles. The maximum Gasteiger partial charge on any atom is 0.157 e. The first-order valence-electron chi connectivity index (χ1n) is 5.16. The van der Waals surface area contributed by atoms with Gasteiger partial charge in [0.1, 0.15) is 17.2 Å². The average molecular weight is 249 g/mol. The van der Waals surface area contributed by atoms with Gasteiger partial charge in [-0.05, 0) is 24.6 Å². The predicted octanol–water partition coefficient (Wildman–Crippen LogP) is 2.79. The van der Waals surface area contributed by atoms with Crippen LogP contribution in [0.25, 0.3) is 0 Å². The van der Waals surface area contributed by atoms with E-state index in [4.69, 9.17) is 17.3 Å². The molecule has 4 nitrogen and oxygen atoms in total. The van der Waals surface area contributed by atoms with Gasteiger partial charge >= 0.3 is 0 Å². The third kappa shape index (κ3) is 2.31. The van der Waals surface area contributed by atoms with Crippen LogP contribution in [0.4, 0.5) is 17.3 Å². The first-order valence-corrected chi connectivity index (χ1v) is 5.54. The molecule has 5 heteroatoms. The minimum Gasteiger partial charge on any atom is -0.382 e. The first kappa shape index (κ1) is 11.7. The van der Waals surface area contributed by atoms with Crippen molar-refractivity contribution in [2.75, 3.05) is 17.7 Å². The maximum atomic E-state index is 6.09. The van der Waals surface area contributed by atoms with E-state index in [-0.39, 0.29) is 5.82 Å². The number of rotatable bonds is 2. The number of anilines is 3. The number of aromatic nitrogens is 2. The van der Waals surface area contributed by atoms with Crippen LogP contribution in [0.15, 0.2) is 30.6 Å². The molecule has 17 heavy (non-hydrogen) atoms. The molecule has 0 saturated heterocycles. The van der Waals surface area contributed by atoms with Crippen molar-refractivity contribution in [3.63, 3.8) is 0 Å². The van der Waals surface area contributed by atoms with Gasteiger partial charge < -0.3 is 10.6 Å². The normalized spacial score (nSPS) is 10.3. The van der Waals surface area contributed by atoms with Crippen LogP contribution < -0.4 is 10.6 Å². The van der Waals surface area contributed by atoms with Gasteiger partial charge in [-0.2, -0.15) is 0 Å². The lowest BCUT2D eigenvalue weighted by Crippen LogP contribution is -2.13. The highest BCUT2D eigenvalue weighted by Gasteiger charge is 2.12. The number of hydrogen-bond donors (Lipinski definition) is 1. The molecule has 1 aromatic heterocycles.